The van der Waals surface area contributed by atoms with Crippen LogP contribution >= 0.6 is 0 Å². The number of carbonyl (C=O) groups is 1. The second-order valence-corrected chi connectivity index (χ2v) is 5.70. The molecule has 0 saturated carbocycles. The van der Waals surface area contributed by atoms with E-state index in [0.29, 0.717) is 0 Å². The van der Waals surface area contributed by atoms with Gasteiger partial charge in [0.2, 0.25) is 0 Å². The Morgan fingerprint density at radius 1 is 0.792 bits per heavy atom. The van der Waals surface area contributed by atoms with Crippen LogP contribution in [0.15, 0.2) is 78.9 Å². The van der Waals surface area contributed by atoms with Crippen LogP contribution < -0.4 is 0 Å². The van der Waals surface area contributed by atoms with Crippen LogP contribution in [-0.2, 0) is 0 Å². The summed E-state index contributed by atoms with van der Waals surface area (Å²) in [4.78, 5) is 12.7. The lowest BCUT2D eigenvalue weighted by molar-refractivity contribution is 0.0975. The van der Waals surface area contributed by atoms with Crippen LogP contribution in [0.2, 0.25) is 0 Å². The van der Waals surface area contributed by atoms with Gasteiger partial charge in [-0.05, 0) is 23.3 Å². The van der Waals surface area contributed by atoms with Crippen molar-refractivity contribution < 1.29 is 15.0 Å². The van der Waals surface area contributed by atoms with E-state index >= 15 is 0 Å². The van der Waals surface area contributed by atoms with Crippen LogP contribution in [0.3, 0.4) is 0 Å². The van der Waals surface area contributed by atoms with E-state index in [2.05, 4.69) is 0 Å². The molecule has 0 aromatic heterocycles. The molecule has 0 spiro atoms. The summed E-state index contributed by atoms with van der Waals surface area (Å²) in [5.74, 6) is -0.509. The minimum Gasteiger partial charge on any atom is -0.508 e. The molecule has 24 heavy (non-hydrogen) atoms. The molecule has 0 unspecified atom stereocenters. The van der Waals surface area contributed by atoms with Gasteiger partial charge < -0.3 is 10.2 Å². The number of ketones is 1. The lowest BCUT2D eigenvalue weighted by Gasteiger charge is -2.18. The molecule has 3 nitrogen and oxygen atoms in total. The zero-order chi connectivity index (χ0) is 16.9. The molecular weight excluding hydrogens is 300 g/mol. The van der Waals surface area contributed by atoms with E-state index in [4.69, 9.17) is 0 Å². The molecule has 0 bridgehead atoms. The van der Waals surface area contributed by atoms with Crippen molar-refractivity contribution in [3.63, 3.8) is 0 Å². The van der Waals surface area contributed by atoms with Gasteiger partial charge >= 0.3 is 0 Å². The van der Waals surface area contributed by atoms with Gasteiger partial charge in [-0.25, -0.2) is 0 Å². The van der Waals surface area contributed by atoms with Gasteiger partial charge in [-0.1, -0.05) is 60.7 Å². The normalized spacial score (nSPS) is 10.7. The zero-order valence-corrected chi connectivity index (χ0v) is 13.1. The highest BCUT2D eigenvalue weighted by Gasteiger charge is 2.21. The van der Waals surface area contributed by atoms with Crippen molar-refractivity contribution in [1.29, 1.82) is 0 Å². The van der Waals surface area contributed by atoms with Gasteiger partial charge in [0, 0.05) is 18.4 Å². The van der Waals surface area contributed by atoms with Crippen molar-refractivity contribution in [2.75, 3.05) is 0 Å². The lowest BCUT2D eigenvalue weighted by Crippen LogP contribution is -2.09. The van der Waals surface area contributed by atoms with Crippen LogP contribution in [0.25, 0.3) is 0 Å². The lowest BCUT2D eigenvalue weighted by atomic mass is 9.86. The number of hydrogen-bond acceptors (Lipinski definition) is 3. The number of phenols is 2. The fraction of sp³-hybridized carbons (Fsp3) is 0.0952. The number of Topliss-reactive ketones (excluding diaryl/α,β-unsaturated/α-hetero) is 1. The number of hydrogen-bond donors (Lipinski definition) is 2. The fourth-order valence-electron chi connectivity index (χ4n) is 2.85. The number of carbonyl (C=O) groups excluding carboxylic acids is 1. The van der Waals surface area contributed by atoms with E-state index < -0.39 is 0 Å². The average Bonchev–Trinajstić information content (AvgIpc) is 2.61. The topological polar surface area (TPSA) is 57.5 Å². The van der Waals surface area contributed by atoms with Crippen LogP contribution in [0.5, 0.6) is 11.5 Å². The molecule has 0 aliphatic rings. The Morgan fingerprint density at radius 3 is 1.83 bits per heavy atom. The second kappa shape index (κ2) is 7.01. The van der Waals surface area contributed by atoms with Crippen LogP contribution in [0, 0.1) is 0 Å². The van der Waals surface area contributed by atoms with Crippen molar-refractivity contribution in [1.82, 2.24) is 0 Å². The Balaban J connectivity index is 1.94. The summed E-state index contributed by atoms with van der Waals surface area (Å²) >= 11 is 0. The molecule has 0 aliphatic carbocycles. The van der Waals surface area contributed by atoms with Crippen molar-refractivity contribution in [2.24, 2.45) is 0 Å². The molecule has 3 aromatic carbocycles. The maximum absolute atomic E-state index is 12.7. The smallest absolute Gasteiger partial charge is 0.167 e. The fourth-order valence-corrected chi connectivity index (χ4v) is 2.85. The third kappa shape index (κ3) is 3.46. The summed E-state index contributed by atoms with van der Waals surface area (Å²) in [6.07, 6.45) is 0.242. The molecule has 2 N–H and O–H groups in total. The van der Waals surface area contributed by atoms with Crippen molar-refractivity contribution in [2.45, 2.75) is 12.3 Å². The largest absolute Gasteiger partial charge is 0.508 e. The Morgan fingerprint density at radius 2 is 1.33 bits per heavy atom. The van der Waals surface area contributed by atoms with Crippen LogP contribution in [0.4, 0.5) is 0 Å². The molecule has 3 rings (SSSR count). The molecule has 0 saturated heterocycles. The molecule has 3 aromatic rings. The van der Waals surface area contributed by atoms with Gasteiger partial charge in [-0.15, -0.1) is 0 Å². The zero-order valence-electron chi connectivity index (χ0n) is 13.1. The number of rotatable bonds is 5. The standard InChI is InChI=1S/C21H18O3/c22-17-11-12-18(20(23)13-17)21(24)14-19(15-7-3-1-4-8-15)16-9-5-2-6-10-16/h1-13,19,22-23H,14H2. The Hall–Kier alpha value is -3.07. The molecule has 0 radical (unpaired) electrons. The second-order valence-electron chi connectivity index (χ2n) is 5.70. The summed E-state index contributed by atoms with van der Waals surface area (Å²) in [6.45, 7) is 0. The molecule has 120 valence electrons. The van der Waals surface area contributed by atoms with Gasteiger partial charge in [-0.2, -0.15) is 0 Å². The van der Waals surface area contributed by atoms with E-state index in [1.54, 1.807) is 0 Å². The summed E-state index contributed by atoms with van der Waals surface area (Å²) in [6, 6.07) is 23.8. The first kappa shape index (κ1) is 15.8. The molecule has 0 aliphatic heterocycles. The number of aromatic hydroxyl groups is 2. The average molecular weight is 318 g/mol. The minimum absolute atomic E-state index is 0.0632. The third-order valence-electron chi connectivity index (χ3n) is 4.08. The minimum atomic E-state index is -0.195. The van der Waals surface area contributed by atoms with Gasteiger partial charge in [-0.3, -0.25) is 4.79 Å². The maximum Gasteiger partial charge on any atom is 0.167 e. The van der Waals surface area contributed by atoms with Gasteiger partial charge in [0.25, 0.3) is 0 Å². The molecule has 0 heterocycles. The predicted octanol–water partition coefficient (Wildman–Crippen LogP) is 4.50. The number of benzene rings is 3. The van der Waals surface area contributed by atoms with Crippen molar-refractivity contribution in [3.05, 3.63) is 95.6 Å². The molecular formula is C21H18O3. The summed E-state index contributed by atoms with van der Waals surface area (Å²) < 4.78 is 0. The summed E-state index contributed by atoms with van der Waals surface area (Å²) in [7, 11) is 0. The van der Waals surface area contributed by atoms with E-state index in [-0.39, 0.29) is 35.2 Å². The maximum atomic E-state index is 12.7. The number of phenolic OH excluding ortho intramolecular Hbond substituents is 2. The van der Waals surface area contributed by atoms with E-state index in [1.165, 1.54) is 18.2 Å². The highest BCUT2D eigenvalue weighted by atomic mass is 16.3. The first-order valence-electron chi connectivity index (χ1n) is 7.80. The van der Waals surface area contributed by atoms with Crippen LogP contribution in [0.1, 0.15) is 33.8 Å². The summed E-state index contributed by atoms with van der Waals surface area (Å²) in [5, 5.41) is 19.3. The summed E-state index contributed by atoms with van der Waals surface area (Å²) in [5.41, 5.74) is 2.33. The van der Waals surface area contributed by atoms with E-state index in [9.17, 15) is 15.0 Å². The monoisotopic (exact) mass is 318 g/mol. The quantitative estimate of drug-likeness (QED) is 0.681. The van der Waals surface area contributed by atoms with Gasteiger partial charge in [0.1, 0.15) is 11.5 Å². The van der Waals surface area contributed by atoms with Gasteiger partial charge in [0.05, 0.1) is 5.56 Å². The Bertz CT molecular complexity index is 787. The molecule has 0 amide bonds. The first-order valence-corrected chi connectivity index (χ1v) is 7.80. The van der Waals surface area contributed by atoms with Crippen LogP contribution in [-0.4, -0.2) is 16.0 Å². The predicted molar refractivity (Wildman–Crippen MR) is 93.4 cm³/mol. The van der Waals surface area contributed by atoms with Gasteiger partial charge in [0.15, 0.2) is 5.78 Å². The SMILES string of the molecule is O=C(CC(c1ccccc1)c1ccccc1)c1ccc(O)cc1O. The first-order chi connectivity index (χ1) is 11.6. The van der Waals surface area contributed by atoms with E-state index in [1.807, 2.05) is 60.7 Å². The molecule has 0 fully saturated rings. The molecule has 3 heteroatoms. The highest BCUT2D eigenvalue weighted by molar-refractivity contribution is 5.99. The Labute approximate surface area is 140 Å². The third-order valence-corrected chi connectivity index (χ3v) is 4.08. The molecule has 0 atom stereocenters. The highest BCUT2D eigenvalue weighted by Crippen LogP contribution is 2.31. The van der Waals surface area contributed by atoms with Crippen molar-refractivity contribution >= 4 is 5.78 Å². The van der Waals surface area contributed by atoms with E-state index in [0.717, 1.165) is 11.1 Å². The Kier molecular flexibility index (Phi) is 4.62. The van der Waals surface area contributed by atoms with Crippen molar-refractivity contribution in [3.8, 4) is 11.5 Å².